The van der Waals surface area contributed by atoms with Gasteiger partial charge in [0.25, 0.3) is 5.91 Å². The highest BCUT2D eigenvalue weighted by atomic mass is 32.2. The van der Waals surface area contributed by atoms with Crippen molar-refractivity contribution in [2.24, 2.45) is 0 Å². The molecule has 0 aliphatic carbocycles. The van der Waals surface area contributed by atoms with Crippen LogP contribution >= 0.6 is 0 Å². The van der Waals surface area contributed by atoms with Gasteiger partial charge in [-0.15, -0.1) is 0 Å². The van der Waals surface area contributed by atoms with Crippen LogP contribution in [0, 0.1) is 0 Å². The summed E-state index contributed by atoms with van der Waals surface area (Å²) in [5.74, 6) is -1.07. The molecule has 7 nitrogen and oxygen atoms in total. The molecular weight excluding hydrogens is 332 g/mol. The minimum absolute atomic E-state index is 0.0606. The van der Waals surface area contributed by atoms with E-state index in [9.17, 15) is 18.0 Å². The number of sulfonamides is 1. The zero-order valence-electron chi connectivity index (χ0n) is 14.1. The molecule has 0 unspecified atom stereocenters. The second-order valence-corrected chi connectivity index (χ2v) is 7.86. The molecule has 1 saturated heterocycles. The summed E-state index contributed by atoms with van der Waals surface area (Å²) in [5.41, 5.74) is 0.105. The highest BCUT2D eigenvalue weighted by molar-refractivity contribution is 7.89. The predicted octanol–water partition coefficient (Wildman–Crippen LogP) is 1.10. The molecule has 0 radical (unpaired) electrons. The third-order valence-electron chi connectivity index (χ3n) is 3.84. The number of ether oxygens (including phenoxy) is 1. The van der Waals surface area contributed by atoms with Gasteiger partial charge in [-0.3, -0.25) is 4.79 Å². The van der Waals surface area contributed by atoms with Crippen molar-refractivity contribution >= 4 is 21.9 Å². The van der Waals surface area contributed by atoms with Crippen molar-refractivity contribution in [2.45, 2.75) is 30.8 Å². The SMILES string of the molecule is C[C@@H](OC(=O)c1cccc(S(=O)(=O)N2CCCC2)c1)C(=O)N(C)C. The van der Waals surface area contributed by atoms with Crippen LogP contribution in [0.25, 0.3) is 0 Å². The number of rotatable bonds is 5. The first-order chi connectivity index (χ1) is 11.2. The fraction of sp³-hybridized carbons (Fsp3) is 0.500. The highest BCUT2D eigenvalue weighted by Gasteiger charge is 2.28. The second kappa shape index (κ2) is 7.31. The molecule has 0 bridgehead atoms. The van der Waals surface area contributed by atoms with Gasteiger partial charge in [0.15, 0.2) is 6.10 Å². The molecule has 1 aromatic rings. The first-order valence-electron chi connectivity index (χ1n) is 7.76. The van der Waals surface area contributed by atoms with Crippen LogP contribution < -0.4 is 0 Å². The number of carbonyl (C=O) groups excluding carboxylic acids is 2. The van der Waals surface area contributed by atoms with Crippen LogP contribution in [-0.4, -0.2) is 62.8 Å². The molecule has 24 heavy (non-hydrogen) atoms. The topological polar surface area (TPSA) is 84.0 Å². The van der Waals surface area contributed by atoms with Crippen LogP contribution in [0.2, 0.25) is 0 Å². The predicted molar refractivity (Wildman–Crippen MR) is 88.0 cm³/mol. The summed E-state index contributed by atoms with van der Waals surface area (Å²) in [5, 5.41) is 0. The molecule has 1 fully saturated rings. The number of hydrogen-bond acceptors (Lipinski definition) is 5. The summed E-state index contributed by atoms with van der Waals surface area (Å²) in [7, 11) is -0.472. The Bertz CT molecular complexity index is 724. The summed E-state index contributed by atoms with van der Waals surface area (Å²) in [6.07, 6.45) is 0.738. The third kappa shape index (κ3) is 3.93. The van der Waals surface area contributed by atoms with Crippen molar-refractivity contribution in [2.75, 3.05) is 27.2 Å². The van der Waals surface area contributed by atoms with Gasteiger partial charge < -0.3 is 9.64 Å². The average Bonchev–Trinajstić information content (AvgIpc) is 3.09. The quantitative estimate of drug-likeness (QED) is 0.740. The number of hydrogen-bond donors (Lipinski definition) is 0. The van der Waals surface area contributed by atoms with Crippen LogP contribution in [0.3, 0.4) is 0 Å². The average molecular weight is 354 g/mol. The maximum absolute atomic E-state index is 12.5. The molecule has 1 aliphatic rings. The van der Waals surface area contributed by atoms with E-state index in [1.807, 2.05) is 0 Å². The van der Waals surface area contributed by atoms with Gasteiger partial charge in [0.2, 0.25) is 10.0 Å². The van der Waals surface area contributed by atoms with E-state index in [-0.39, 0.29) is 16.4 Å². The monoisotopic (exact) mass is 354 g/mol. The van der Waals surface area contributed by atoms with Crippen LogP contribution in [0.15, 0.2) is 29.2 Å². The van der Waals surface area contributed by atoms with Crippen LogP contribution in [0.4, 0.5) is 0 Å². The van der Waals surface area contributed by atoms with E-state index >= 15 is 0 Å². The van der Waals surface area contributed by atoms with E-state index in [4.69, 9.17) is 4.74 Å². The maximum atomic E-state index is 12.5. The number of esters is 1. The van der Waals surface area contributed by atoms with Gasteiger partial charge in [-0.05, 0) is 38.0 Å². The molecule has 1 aliphatic heterocycles. The molecule has 1 atom stereocenters. The molecule has 1 amide bonds. The number of carbonyl (C=O) groups is 2. The Morgan fingerprint density at radius 3 is 2.42 bits per heavy atom. The second-order valence-electron chi connectivity index (χ2n) is 5.92. The van der Waals surface area contributed by atoms with E-state index < -0.39 is 22.1 Å². The van der Waals surface area contributed by atoms with E-state index in [0.717, 1.165) is 12.8 Å². The van der Waals surface area contributed by atoms with Gasteiger partial charge in [-0.1, -0.05) is 6.07 Å². The molecule has 0 N–H and O–H groups in total. The minimum Gasteiger partial charge on any atom is -0.449 e. The zero-order chi connectivity index (χ0) is 17.9. The van der Waals surface area contributed by atoms with Crippen molar-refractivity contribution in [3.05, 3.63) is 29.8 Å². The van der Waals surface area contributed by atoms with Crippen LogP contribution in [0.5, 0.6) is 0 Å². The Labute approximate surface area is 142 Å². The zero-order valence-corrected chi connectivity index (χ0v) is 14.9. The van der Waals surface area contributed by atoms with E-state index in [2.05, 4.69) is 0 Å². The van der Waals surface area contributed by atoms with E-state index in [0.29, 0.717) is 13.1 Å². The standard InChI is InChI=1S/C16H22N2O5S/c1-12(15(19)17(2)3)23-16(20)13-7-6-8-14(11-13)24(21,22)18-9-4-5-10-18/h6-8,11-12H,4-5,9-10H2,1-3H3/t12-/m1/s1. The van der Waals surface area contributed by atoms with Gasteiger partial charge in [0.1, 0.15) is 0 Å². The lowest BCUT2D eigenvalue weighted by atomic mass is 10.2. The first-order valence-corrected chi connectivity index (χ1v) is 9.20. The van der Waals surface area contributed by atoms with Crippen LogP contribution in [-0.2, 0) is 19.6 Å². The fourth-order valence-corrected chi connectivity index (χ4v) is 4.07. The Hall–Kier alpha value is -1.93. The van der Waals surface area contributed by atoms with Crippen molar-refractivity contribution in [1.29, 1.82) is 0 Å². The van der Waals surface area contributed by atoms with Gasteiger partial charge in [-0.2, -0.15) is 4.31 Å². The Morgan fingerprint density at radius 1 is 1.21 bits per heavy atom. The van der Waals surface area contributed by atoms with Crippen molar-refractivity contribution in [3.63, 3.8) is 0 Å². The summed E-state index contributed by atoms with van der Waals surface area (Å²) in [4.78, 5) is 25.3. The number of amides is 1. The number of likely N-dealkylation sites (N-methyl/N-ethyl adjacent to an activating group) is 1. The Morgan fingerprint density at radius 2 is 1.83 bits per heavy atom. The Balaban J connectivity index is 2.18. The summed E-state index contributed by atoms with van der Waals surface area (Å²) < 4.78 is 31.6. The minimum atomic E-state index is -3.60. The maximum Gasteiger partial charge on any atom is 0.338 e. The molecule has 1 aromatic carbocycles. The highest BCUT2D eigenvalue weighted by Crippen LogP contribution is 2.22. The lowest BCUT2D eigenvalue weighted by molar-refractivity contribution is -0.137. The normalized spacial score (nSPS) is 16.6. The van der Waals surface area contributed by atoms with Gasteiger partial charge >= 0.3 is 5.97 Å². The summed E-state index contributed by atoms with van der Waals surface area (Å²) >= 11 is 0. The molecule has 0 spiro atoms. The van der Waals surface area contributed by atoms with Gasteiger partial charge in [0.05, 0.1) is 10.5 Å². The Kier molecular flexibility index (Phi) is 5.61. The molecular formula is C16H22N2O5S. The number of benzene rings is 1. The lowest BCUT2D eigenvalue weighted by Gasteiger charge is -2.18. The molecule has 8 heteroatoms. The number of nitrogens with zero attached hydrogens (tertiary/aromatic N) is 2. The molecule has 132 valence electrons. The fourth-order valence-electron chi connectivity index (χ4n) is 2.50. The molecule has 0 aromatic heterocycles. The molecule has 2 rings (SSSR count). The van der Waals surface area contributed by atoms with Gasteiger partial charge in [-0.25, -0.2) is 13.2 Å². The van der Waals surface area contributed by atoms with Crippen molar-refractivity contribution in [3.8, 4) is 0 Å². The van der Waals surface area contributed by atoms with Gasteiger partial charge in [0, 0.05) is 27.2 Å². The summed E-state index contributed by atoms with van der Waals surface area (Å²) in [6.45, 7) is 2.46. The molecule has 0 saturated carbocycles. The third-order valence-corrected chi connectivity index (χ3v) is 5.74. The smallest absolute Gasteiger partial charge is 0.338 e. The lowest BCUT2D eigenvalue weighted by Crippen LogP contribution is -2.35. The van der Waals surface area contributed by atoms with E-state index in [1.54, 1.807) is 14.1 Å². The summed E-state index contributed by atoms with van der Waals surface area (Å²) in [6, 6.07) is 5.72. The van der Waals surface area contributed by atoms with E-state index in [1.165, 1.54) is 40.4 Å². The van der Waals surface area contributed by atoms with Crippen molar-refractivity contribution in [1.82, 2.24) is 9.21 Å². The van der Waals surface area contributed by atoms with Crippen LogP contribution in [0.1, 0.15) is 30.1 Å². The largest absolute Gasteiger partial charge is 0.449 e. The first kappa shape index (κ1) is 18.4. The molecule has 1 heterocycles. The van der Waals surface area contributed by atoms with Crippen molar-refractivity contribution < 1.29 is 22.7 Å².